The van der Waals surface area contributed by atoms with Gasteiger partial charge in [0, 0.05) is 38.6 Å². The standard InChI is InChI=1S/C58H38N4/c1-4-11-39(12-5-1)40-25-31-49(32-26-40)58-61-54(45-15-8-3-9-16-45)38-55(62-58)46-27-23-42(24-28-46)41-19-21-43(22-20-41)50-17-10-18-51(37-50)53-36-34-48-30-29-47-33-35-52(44-13-6-2-7-14-44)59-56(47)57(48)60-53/h1-38H. The molecule has 0 radical (unpaired) electrons. The molecule has 11 aromatic rings. The quantitative estimate of drug-likeness (QED) is 0.144. The van der Waals surface area contributed by atoms with E-state index >= 15 is 0 Å². The van der Waals surface area contributed by atoms with Crippen LogP contribution >= 0.6 is 0 Å². The summed E-state index contributed by atoms with van der Waals surface area (Å²) in [6.07, 6.45) is 0. The Labute approximate surface area is 360 Å². The summed E-state index contributed by atoms with van der Waals surface area (Å²) in [5.74, 6) is 0.698. The summed E-state index contributed by atoms with van der Waals surface area (Å²) in [6.45, 7) is 0. The molecule has 0 amide bonds. The van der Waals surface area contributed by atoms with Gasteiger partial charge in [0.25, 0.3) is 0 Å². The number of hydrogen-bond donors (Lipinski definition) is 0. The Morgan fingerprint density at radius 1 is 0.194 bits per heavy atom. The Kier molecular flexibility index (Phi) is 9.49. The Morgan fingerprint density at radius 2 is 0.532 bits per heavy atom. The number of fused-ring (bicyclic) bond motifs is 3. The molecule has 8 aromatic carbocycles. The molecule has 290 valence electrons. The fourth-order valence-corrected chi connectivity index (χ4v) is 8.17. The molecule has 0 saturated heterocycles. The third-order valence-corrected chi connectivity index (χ3v) is 11.5. The highest BCUT2D eigenvalue weighted by Gasteiger charge is 2.13. The van der Waals surface area contributed by atoms with Gasteiger partial charge in [0.1, 0.15) is 0 Å². The lowest BCUT2D eigenvalue weighted by Crippen LogP contribution is -1.96. The Balaban J connectivity index is 0.864. The van der Waals surface area contributed by atoms with Gasteiger partial charge in [0.05, 0.1) is 33.8 Å². The first-order valence-electron chi connectivity index (χ1n) is 20.9. The average molecular weight is 791 g/mol. The Hall–Kier alpha value is -8.34. The number of aromatic nitrogens is 4. The van der Waals surface area contributed by atoms with E-state index in [-0.39, 0.29) is 0 Å². The maximum atomic E-state index is 5.21. The Bertz CT molecular complexity index is 3350. The summed E-state index contributed by atoms with van der Waals surface area (Å²) in [7, 11) is 0. The molecular formula is C58H38N4. The topological polar surface area (TPSA) is 51.6 Å². The molecule has 0 aliphatic heterocycles. The molecule has 0 aliphatic rings. The zero-order valence-corrected chi connectivity index (χ0v) is 33.7. The summed E-state index contributed by atoms with van der Waals surface area (Å²) in [5.41, 5.74) is 17.6. The summed E-state index contributed by atoms with van der Waals surface area (Å²) in [5, 5.41) is 2.15. The maximum absolute atomic E-state index is 5.21. The summed E-state index contributed by atoms with van der Waals surface area (Å²) >= 11 is 0. The summed E-state index contributed by atoms with van der Waals surface area (Å²) in [4.78, 5) is 20.5. The molecule has 0 aliphatic carbocycles. The first-order valence-corrected chi connectivity index (χ1v) is 20.9. The molecule has 62 heavy (non-hydrogen) atoms. The fraction of sp³-hybridized carbons (Fsp3) is 0. The number of rotatable bonds is 8. The molecular weight excluding hydrogens is 753 g/mol. The lowest BCUT2D eigenvalue weighted by Gasteiger charge is -2.11. The zero-order valence-electron chi connectivity index (χ0n) is 33.7. The maximum Gasteiger partial charge on any atom is 0.160 e. The molecule has 3 heterocycles. The van der Waals surface area contributed by atoms with Gasteiger partial charge in [-0.3, -0.25) is 0 Å². The van der Waals surface area contributed by atoms with E-state index in [9.17, 15) is 0 Å². The molecule has 0 saturated carbocycles. The van der Waals surface area contributed by atoms with Crippen LogP contribution in [0.2, 0.25) is 0 Å². The van der Waals surface area contributed by atoms with Gasteiger partial charge in [0.15, 0.2) is 5.82 Å². The first-order chi connectivity index (χ1) is 30.7. The molecule has 4 heteroatoms. The van der Waals surface area contributed by atoms with Crippen LogP contribution in [-0.4, -0.2) is 19.9 Å². The van der Waals surface area contributed by atoms with Crippen molar-refractivity contribution in [1.29, 1.82) is 0 Å². The molecule has 11 rings (SSSR count). The van der Waals surface area contributed by atoms with Gasteiger partial charge in [-0.25, -0.2) is 19.9 Å². The lowest BCUT2D eigenvalue weighted by atomic mass is 9.97. The predicted octanol–water partition coefficient (Wildman–Crippen LogP) is 14.9. The van der Waals surface area contributed by atoms with E-state index in [1.54, 1.807) is 0 Å². The minimum atomic E-state index is 0.698. The van der Waals surface area contributed by atoms with E-state index in [0.717, 1.165) is 100 Å². The van der Waals surface area contributed by atoms with Crippen LogP contribution in [0.25, 0.3) is 112 Å². The van der Waals surface area contributed by atoms with E-state index in [1.807, 2.05) is 42.5 Å². The molecule has 0 fully saturated rings. The van der Waals surface area contributed by atoms with Crippen LogP contribution in [0.1, 0.15) is 0 Å². The van der Waals surface area contributed by atoms with Crippen LogP contribution in [0, 0.1) is 0 Å². The van der Waals surface area contributed by atoms with Gasteiger partial charge in [-0.05, 0) is 57.6 Å². The normalized spacial score (nSPS) is 11.2. The van der Waals surface area contributed by atoms with Gasteiger partial charge >= 0.3 is 0 Å². The van der Waals surface area contributed by atoms with Crippen LogP contribution < -0.4 is 0 Å². The lowest BCUT2D eigenvalue weighted by molar-refractivity contribution is 1.18. The van der Waals surface area contributed by atoms with Gasteiger partial charge < -0.3 is 0 Å². The number of pyridine rings is 2. The Morgan fingerprint density at radius 3 is 1.05 bits per heavy atom. The first kappa shape index (κ1) is 36.7. The van der Waals surface area contributed by atoms with E-state index < -0.39 is 0 Å². The molecule has 0 unspecified atom stereocenters. The molecule has 4 nitrogen and oxygen atoms in total. The molecule has 0 bridgehead atoms. The van der Waals surface area contributed by atoms with Crippen molar-refractivity contribution in [1.82, 2.24) is 19.9 Å². The fourth-order valence-electron chi connectivity index (χ4n) is 8.17. The van der Waals surface area contributed by atoms with Crippen LogP contribution in [-0.2, 0) is 0 Å². The van der Waals surface area contributed by atoms with Gasteiger partial charge in [0.2, 0.25) is 0 Å². The highest BCUT2D eigenvalue weighted by molar-refractivity contribution is 6.04. The van der Waals surface area contributed by atoms with Crippen LogP contribution in [0.15, 0.2) is 231 Å². The van der Waals surface area contributed by atoms with Crippen molar-refractivity contribution in [3.63, 3.8) is 0 Å². The van der Waals surface area contributed by atoms with Crippen molar-refractivity contribution in [2.45, 2.75) is 0 Å². The van der Waals surface area contributed by atoms with Crippen LogP contribution in [0.4, 0.5) is 0 Å². The second kappa shape index (κ2) is 16.0. The molecule has 0 atom stereocenters. The molecule has 3 aromatic heterocycles. The number of benzene rings is 8. The number of hydrogen-bond acceptors (Lipinski definition) is 4. The second-order valence-corrected chi connectivity index (χ2v) is 15.5. The minimum absolute atomic E-state index is 0.698. The van der Waals surface area contributed by atoms with E-state index in [4.69, 9.17) is 19.9 Å². The monoisotopic (exact) mass is 790 g/mol. The van der Waals surface area contributed by atoms with E-state index in [2.05, 4.69) is 188 Å². The van der Waals surface area contributed by atoms with Gasteiger partial charge in [-0.1, -0.05) is 206 Å². The molecule has 0 N–H and O–H groups in total. The average Bonchev–Trinajstić information content (AvgIpc) is 3.37. The van der Waals surface area contributed by atoms with Crippen molar-refractivity contribution in [2.75, 3.05) is 0 Å². The van der Waals surface area contributed by atoms with Crippen LogP contribution in [0.3, 0.4) is 0 Å². The SMILES string of the molecule is c1ccc(-c2ccc(-c3nc(-c4ccccc4)cc(-c4ccc(-c5ccc(-c6cccc(-c7ccc8ccc9ccc(-c%10ccccc%10)nc9c8n7)c6)cc5)cc4)n3)cc2)cc1. The highest BCUT2D eigenvalue weighted by atomic mass is 14.9. The van der Waals surface area contributed by atoms with Crippen molar-refractivity contribution in [2.24, 2.45) is 0 Å². The number of nitrogens with zero attached hydrogens (tertiary/aromatic N) is 4. The molecule has 0 spiro atoms. The van der Waals surface area contributed by atoms with Crippen molar-refractivity contribution in [3.05, 3.63) is 231 Å². The third kappa shape index (κ3) is 7.31. The van der Waals surface area contributed by atoms with E-state index in [0.29, 0.717) is 5.82 Å². The zero-order chi connectivity index (χ0) is 41.2. The smallest absolute Gasteiger partial charge is 0.160 e. The predicted molar refractivity (Wildman–Crippen MR) is 256 cm³/mol. The van der Waals surface area contributed by atoms with Gasteiger partial charge in [-0.15, -0.1) is 0 Å². The van der Waals surface area contributed by atoms with E-state index in [1.165, 1.54) is 5.56 Å². The van der Waals surface area contributed by atoms with Gasteiger partial charge in [-0.2, -0.15) is 0 Å². The van der Waals surface area contributed by atoms with Crippen molar-refractivity contribution in [3.8, 4) is 89.8 Å². The summed E-state index contributed by atoms with van der Waals surface area (Å²) < 4.78 is 0. The van der Waals surface area contributed by atoms with Crippen LogP contribution in [0.5, 0.6) is 0 Å². The van der Waals surface area contributed by atoms with Crippen molar-refractivity contribution >= 4 is 21.8 Å². The minimum Gasteiger partial charge on any atom is -0.245 e. The third-order valence-electron chi connectivity index (χ3n) is 11.5. The van der Waals surface area contributed by atoms with Crippen molar-refractivity contribution < 1.29 is 0 Å². The largest absolute Gasteiger partial charge is 0.245 e. The highest BCUT2D eigenvalue weighted by Crippen LogP contribution is 2.34. The summed E-state index contributed by atoms with van der Waals surface area (Å²) in [6, 6.07) is 80.5. The second-order valence-electron chi connectivity index (χ2n) is 15.5.